The van der Waals surface area contributed by atoms with E-state index in [0.717, 1.165) is 12.1 Å². The molecule has 0 spiro atoms. The third kappa shape index (κ3) is 2.83. The Morgan fingerprint density at radius 1 is 1.24 bits per heavy atom. The molecule has 1 aromatic carbocycles. The summed E-state index contributed by atoms with van der Waals surface area (Å²) in [4.78, 5) is 22.9. The summed E-state index contributed by atoms with van der Waals surface area (Å²) in [7, 11) is 0. The van der Waals surface area contributed by atoms with Gasteiger partial charge in [0.1, 0.15) is 0 Å². The second-order valence-corrected chi connectivity index (χ2v) is 4.64. The molecule has 0 radical (unpaired) electrons. The molecule has 2 aromatic rings. The first-order valence-corrected chi connectivity index (χ1v) is 6.01. The van der Waals surface area contributed by atoms with E-state index < -0.39 is 34.8 Å². The van der Waals surface area contributed by atoms with Gasteiger partial charge in [-0.05, 0) is 24.6 Å². The van der Waals surface area contributed by atoms with Crippen molar-refractivity contribution in [1.82, 2.24) is 10.2 Å². The standard InChI is InChI=1S/C13H12F3N3O2/c1-5-11(13(21)19-18-5)7(4-10(17)20)6-2-8(14)12(16)9(15)3-6/h2-3,7H,4H2,1H3,(H2,17,20)(H2,18,19,21)/t7-/m1/s1. The Morgan fingerprint density at radius 3 is 2.24 bits per heavy atom. The van der Waals surface area contributed by atoms with Gasteiger partial charge in [0.2, 0.25) is 5.91 Å². The summed E-state index contributed by atoms with van der Waals surface area (Å²) in [6.45, 7) is 1.55. The number of aryl methyl sites for hydroxylation is 1. The van der Waals surface area contributed by atoms with Crippen molar-refractivity contribution in [3.05, 3.63) is 56.8 Å². The summed E-state index contributed by atoms with van der Waals surface area (Å²) in [5.41, 5.74) is 5.06. The molecule has 0 bridgehead atoms. The van der Waals surface area contributed by atoms with Gasteiger partial charge in [0.15, 0.2) is 17.5 Å². The molecule has 1 atom stereocenters. The smallest absolute Gasteiger partial charge is 0.267 e. The lowest BCUT2D eigenvalue weighted by atomic mass is 9.88. The molecule has 0 aliphatic carbocycles. The van der Waals surface area contributed by atoms with Gasteiger partial charge in [-0.2, -0.15) is 0 Å². The molecule has 1 aromatic heterocycles. The summed E-state index contributed by atoms with van der Waals surface area (Å²) in [5, 5.41) is 4.86. The van der Waals surface area contributed by atoms with Gasteiger partial charge in [-0.3, -0.25) is 14.7 Å². The van der Waals surface area contributed by atoms with Gasteiger partial charge in [-0.1, -0.05) is 0 Å². The molecular formula is C13H12F3N3O2. The van der Waals surface area contributed by atoms with Crippen LogP contribution in [0.25, 0.3) is 0 Å². The number of nitrogens with one attached hydrogen (secondary N) is 2. The molecule has 0 aliphatic heterocycles. The van der Waals surface area contributed by atoms with Gasteiger partial charge >= 0.3 is 0 Å². The van der Waals surface area contributed by atoms with Crippen LogP contribution in [0.5, 0.6) is 0 Å². The van der Waals surface area contributed by atoms with Crippen LogP contribution in [0.15, 0.2) is 16.9 Å². The highest BCUT2D eigenvalue weighted by Gasteiger charge is 2.25. The molecule has 1 amide bonds. The molecular weight excluding hydrogens is 287 g/mol. The van der Waals surface area contributed by atoms with Crippen molar-refractivity contribution in [1.29, 1.82) is 0 Å². The van der Waals surface area contributed by atoms with E-state index in [1.165, 1.54) is 0 Å². The highest BCUT2D eigenvalue weighted by molar-refractivity contribution is 5.75. The second kappa shape index (κ2) is 5.47. The first-order valence-electron chi connectivity index (χ1n) is 6.01. The van der Waals surface area contributed by atoms with Gasteiger partial charge in [-0.15, -0.1) is 0 Å². The number of carbonyl (C=O) groups is 1. The number of carbonyl (C=O) groups excluding carboxylic acids is 1. The molecule has 0 saturated heterocycles. The molecule has 0 aliphatic rings. The Hall–Kier alpha value is -2.51. The molecule has 0 fully saturated rings. The summed E-state index contributed by atoms with van der Waals surface area (Å²) in [6, 6.07) is 1.50. The van der Waals surface area contributed by atoms with E-state index in [1.807, 2.05) is 0 Å². The number of hydrogen-bond donors (Lipinski definition) is 3. The lowest BCUT2D eigenvalue weighted by Gasteiger charge is -2.15. The van der Waals surface area contributed by atoms with Gasteiger partial charge in [0.25, 0.3) is 5.56 Å². The molecule has 1 heterocycles. The number of nitrogens with two attached hydrogens (primary N) is 1. The molecule has 0 unspecified atom stereocenters. The minimum absolute atomic E-state index is 0.0431. The van der Waals surface area contributed by atoms with Crippen LogP contribution in [-0.4, -0.2) is 16.1 Å². The summed E-state index contributed by atoms with van der Waals surface area (Å²) in [6.07, 6.45) is -0.341. The number of aromatic nitrogens is 2. The van der Waals surface area contributed by atoms with E-state index in [9.17, 15) is 22.8 Å². The second-order valence-electron chi connectivity index (χ2n) is 4.64. The Labute approximate surface area is 117 Å². The van der Waals surface area contributed by atoms with Crippen LogP contribution in [0.1, 0.15) is 29.2 Å². The number of primary amides is 1. The SMILES string of the molecule is Cc1[nH][nH]c(=O)c1[C@H](CC(N)=O)c1cc(F)c(F)c(F)c1. The van der Waals surface area contributed by atoms with Crippen molar-refractivity contribution in [2.75, 3.05) is 0 Å². The fraction of sp³-hybridized carbons (Fsp3) is 0.231. The van der Waals surface area contributed by atoms with Crippen LogP contribution >= 0.6 is 0 Å². The average Bonchev–Trinajstić information content (AvgIpc) is 2.72. The average molecular weight is 299 g/mol. The van der Waals surface area contributed by atoms with Crippen LogP contribution in [0.4, 0.5) is 13.2 Å². The zero-order valence-electron chi connectivity index (χ0n) is 11.0. The maximum Gasteiger partial charge on any atom is 0.267 e. The fourth-order valence-electron chi connectivity index (χ4n) is 2.24. The summed E-state index contributed by atoms with van der Waals surface area (Å²) >= 11 is 0. The maximum atomic E-state index is 13.4. The predicted octanol–water partition coefficient (Wildman–Crippen LogP) is 1.44. The van der Waals surface area contributed by atoms with E-state index in [4.69, 9.17) is 5.73 Å². The molecule has 4 N–H and O–H groups in total. The van der Waals surface area contributed by atoms with Gasteiger partial charge < -0.3 is 10.8 Å². The normalized spacial score (nSPS) is 12.4. The highest BCUT2D eigenvalue weighted by atomic mass is 19.2. The number of aromatic amines is 2. The Morgan fingerprint density at radius 2 is 1.81 bits per heavy atom. The van der Waals surface area contributed by atoms with Crippen molar-refractivity contribution in [2.45, 2.75) is 19.3 Å². The van der Waals surface area contributed by atoms with Gasteiger partial charge in [0, 0.05) is 23.6 Å². The first kappa shape index (κ1) is 14.9. The van der Waals surface area contributed by atoms with Crippen LogP contribution < -0.4 is 11.3 Å². The van der Waals surface area contributed by atoms with Crippen molar-refractivity contribution >= 4 is 5.91 Å². The predicted molar refractivity (Wildman–Crippen MR) is 68.1 cm³/mol. The number of H-pyrrole nitrogens is 2. The Kier molecular flexibility index (Phi) is 3.88. The third-order valence-electron chi connectivity index (χ3n) is 3.17. The number of benzene rings is 1. The highest BCUT2D eigenvalue weighted by Crippen LogP contribution is 2.29. The Balaban J connectivity index is 2.62. The fourth-order valence-corrected chi connectivity index (χ4v) is 2.24. The zero-order valence-corrected chi connectivity index (χ0v) is 11.0. The van der Waals surface area contributed by atoms with Crippen LogP contribution in [0.2, 0.25) is 0 Å². The monoisotopic (exact) mass is 299 g/mol. The van der Waals surface area contributed by atoms with Gasteiger partial charge in [0.05, 0.1) is 0 Å². The van der Waals surface area contributed by atoms with Gasteiger partial charge in [-0.25, -0.2) is 13.2 Å². The minimum Gasteiger partial charge on any atom is -0.370 e. The number of halogens is 3. The quantitative estimate of drug-likeness (QED) is 0.745. The van der Waals surface area contributed by atoms with E-state index >= 15 is 0 Å². The van der Waals surface area contributed by atoms with Crippen LogP contribution in [-0.2, 0) is 4.79 Å². The molecule has 5 nitrogen and oxygen atoms in total. The van der Waals surface area contributed by atoms with Crippen LogP contribution in [0.3, 0.4) is 0 Å². The molecule has 8 heteroatoms. The summed E-state index contributed by atoms with van der Waals surface area (Å²) < 4.78 is 39.7. The van der Waals surface area contributed by atoms with E-state index in [2.05, 4.69) is 10.2 Å². The largest absolute Gasteiger partial charge is 0.370 e. The zero-order chi connectivity index (χ0) is 15.7. The van der Waals surface area contributed by atoms with E-state index in [-0.39, 0.29) is 17.5 Å². The topological polar surface area (TPSA) is 91.7 Å². The molecule has 2 rings (SSSR count). The molecule has 0 saturated carbocycles. The molecule has 112 valence electrons. The Bertz CT molecular complexity index is 728. The van der Waals surface area contributed by atoms with Crippen molar-refractivity contribution in [3.63, 3.8) is 0 Å². The minimum atomic E-state index is -1.61. The first-order chi connectivity index (χ1) is 9.81. The lowest BCUT2D eigenvalue weighted by Crippen LogP contribution is -2.21. The molecule has 21 heavy (non-hydrogen) atoms. The van der Waals surface area contributed by atoms with Crippen LogP contribution in [0, 0.1) is 24.4 Å². The van der Waals surface area contributed by atoms with E-state index in [1.54, 1.807) is 6.92 Å². The maximum absolute atomic E-state index is 13.4. The lowest BCUT2D eigenvalue weighted by molar-refractivity contribution is -0.118. The van der Waals surface area contributed by atoms with Crippen molar-refractivity contribution in [3.8, 4) is 0 Å². The summed E-state index contributed by atoms with van der Waals surface area (Å²) in [5.74, 6) is -6.14. The van der Waals surface area contributed by atoms with Crippen molar-refractivity contribution < 1.29 is 18.0 Å². The third-order valence-corrected chi connectivity index (χ3v) is 3.17. The van der Waals surface area contributed by atoms with E-state index in [0.29, 0.717) is 5.69 Å². The van der Waals surface area contributed by atoms with Crippen molar-refractivity contribution in [2.24, 2.45) is 5.73 Å². The number of hydrogen-bond acceptors (Lipinski definition) is 2. The number of rotatable bonds is 4. The number of amides is 1.